The van der Waals surface area contributed by atoms with Gasteiger partial charge in [0, 0.05) is 5.69 Å². The van der Waals surface area contributed by atoms with Crippen LogP contribution in [0.25, 0.3) is 0 Å². The van der Waals surface area contributed by atoms with E-state index >= 15 is 0 Å². The van der Waals surface area contributed by atoms with Crippen molar-refractivity contribution in [2.75, 3.05) is 5.32 Å². The topological polar surface area (TPSA) is 67.4 Å². The Balaban J connectivity index is 2.09. The number of nitrogens with one attached hydrogen (secondary N) is 2. The summed E-state index contributed by atoms with van der Waals surface area (Å²) >= 11 is 0. The molecule has 0 saturated heterocycles. The normalized spacial score (nSPS) is 12.2. The highest BCUT2D eigenvalue weighted by molar-refractivity contribution is 5.96. The van der Waals surface area contributed by atoms with E-state index in [0.717, 1.165) is 16.7 Å². The van der Waals surface area contributed by atoms with E-state index in [4.69, 9.17) is 4.74 Å². The number of rotatable bonds is 6. The zero-order chi connectivity index (χ0) is 20.7. The Morgan fingerprint density at radius 2 is 1.68 bits per heavy atom. The summed E-state index contributed by atoms with van der Waals surface area (Å²) in [7, 11) is 0. The van der Waals surface area contributed by atoms with E-state index in [1.807, 2.05) is 62.4 Å². The van der Waals surface area contributed by atoms with Crippen molar-refractivity contribution in [2.45, 2.75) is 59.1 Å². The lowest BCUT2D eigenvalue weighted by molar-refractivity contribution is -0.118. The predicted octanol–water partition coefficient (Wildman–Crippen LogP) is 4.77. The average molecular weight is 383 g/mol. The molecule has 0 aliphatic heterocycles. The molecule has 2 aromatic rings. The number of ether oxygens (including phenoxy) is 1. The standard InChI is InChI=1S/C23H30N2O3/c1-16-11-13-19(15-17(16)2)24-21(26)20(25-22(27)28-23(3,4)5)14-12-18-9-7-6-8-10-18/h6-11,13,15,20H,12,14H2,1-5H3,(H,24,26)(H,25,27)/t20-/m1/s1. The van der Waals surface area contributed by atoms with Crippen LogP contribution in [0.1, 0.15) is 43.9 Å². The summed E-state index contributed by atoms with van der Waals surface area (Å²) in [6, 6.07) is 14.9. The van der Waals surface area contributed by atoms with Crippen LogP contribution in [0, 0.1) is 13.8 Å². The molecule has 0 spiro atoms. The molecule has 0 fully saturated rings. The summed E-state index contributed by atoms with van der Waals surface area (Å²) in [5, 5.41) is 5.62. The first-order valence-electron chi connectivity index (χ1n) is 9.55. The molecule has 0 aromatic heterocycles. The fourth-order valence-corrected chi connectivity index (χ4v) is 2.72. The second-order valence-corrected chi connectivity index (χ2v) is 8.01. The van der Waals surface area contributed by atoms with Gasteiger partial charge < -0.3 is 15.4 Å². The SMILES string of the molecule is Cc1ccc(NC(=O)[C@@H](CCc2ccccc2)NC(=O)OC(C)(C)C)cc1C. The minimum absolute atomic E-state index is 0.259. The van der Waals surface area contributed by atoms with Gasteiger partial charge in [0.05, 0.1) is 0 Å². The summed E-state index contributed by atoms with van der Waals surface area (Å²) in [5.74, 6) is -0.259. The summed E-state index contributed by atoms with van der Waals surface area (Å²) in [6.07, 6.45) is 0.544. The van der Waals surface area contributed by atoms with Crippen LogP contribution in [-0.2, 0) is 16.0 Å². The number of carbonyl (C=O) groups is 2. The zero-order valence-corrected chi connectivity index (χ0v) is 17.3. The first-order valence-corrected chi connectivity index (χ1v) is 9.55. The second kappa shape index (κ2) is 9.40. The Morgan fingerprint density at radius 1 is 1.00 bits per heavy atom. The Kier molecular flexibility index (Phi) is 7.21. The maximum absolute atomic E-state index is 12.8. The van der Waals surface area contributed by atoms with Crippen molar-refractivity contribution in [3.63, 3.8) is 0 Å². The minimum Gasteiger partial charge on any atom is -0.444 e. The van der Waals surface area contributed by atoms with E-state index < -0.39 is 17.7 Å². The van der Waals surface area contributed by atoms with Gasteiger partial charge in [-0.25, -0.2) is 4.79 Å². The number of anilines is 1. The highest BCUT2D eigenvalue weighted by Gasteiger charge is 2.24. The van der Waals surface area contributed by atoms with Gasteiger partial charge in [0.15, 0.2) is 0 Å². The average Bonchev–Trinajstić information content (AvgIpc) is 2.61. The molecule has 2 aromatic carbocycles. The van der Waals surface area contributed by atoms with Crippen molar-refractivity contribution >= 4 is 17.7 Å². The smallest absolute Gasteiger partial charge is 0.408 e. The highest BCUT2D eigenvalue weighted by atomic mass is 16.6. The number of amides is 2. The molecule has 28 heavy (non-hydrogen) atoms. The van der Waals surface area contributed by atoms with Crippen molar-refractivity contribution in [3.8, 4) is 0 Å². The van der Waals surface area contributed by atoms with Gasteiger partial charge in [0.1, 0.15) is 11.6 Å². The Bertz CT molecular complexity index is 810. The van der Waals surface area contributed by atoms with Crippen LogP contribution >= 0.6 is 0 Å². The number of hydrogen-bond acceptors (Lipinski definition) is 3. The van der Waals surface area contributed by atoms with E-state index in [2.05, 4.69) is 10.6 Å². The molecule has 0 unspecified atom stereocenters. The van der Waals surface area contributed by atoms with Crippen molar-refractivity contribution in [3.05, 3.63) is 65.2 Å². The molecule has 5 heteroatoms. The molecule has 0 aliphatic rings. The molecule has 1 atom stereocenters. The molecule has 2 N–H and O–H groups in total. The van der Waals surface area contributed by atoms with Crippen LogP contribution in [0.4, 0.5) is 10.5 Å². The number of alkyl carbamates (subject to hydrolysis) is 1. The molecule has 0 saturated carbocycles. The largest absolute Gasteiger partial charge is 0.444 e. The summed E-state index contributed by atoms with van der Waals surface area (Å²) < 4.78 is 5.33. The maximum atomic E-state index is 12.8. The molecule has 0 bridgehead atoms. The van der Waals surface area contributed by atoms with E-state index in [-0.39, 0.29) is 5.91 Å². The Labute approximate surface area is 167 Å². The van der Waals surface area contributed by atoms with Crippen LogP contribution < -0.4 is 10.6 Å². The fourth-order valence-electron chi connectivity index (χ4n) is 2.72. The Morgan fingerprint density at radius 3 is 2.29 bits per heavy atom. The van der Waals surface area contributed by atoms with Gasteiger partial charge in [-0.1, -0.05) is 36.4 Å². The van der Waals surface area contributed by atoms with Crippen LogP contribution in [0.15, 0.2) is 48.5 Å². The highest BCUT2D eigenvalue weighted by Crippen LogP contribution is 2.16. The molecular formula is C23H30N2O3. The molecule has 2 amide bonds. The first kappa shape index (κ1) is 21.5. The van der Waals surface area contributed by atoms with Crippen LogP contribution in [0.5, 0.6) is 0 Å². The lowest BCUT2D eigenvalue weighted by Gasteiger charge is -2.23. The Hall–Kier alpha value is -2.82. The summed E-state index contributed by atoms with van der Waals surface area (Å²) in [4.78, 5) is 25.1. The summed E-state index contributed by atoms with van der Waals surface area (Å²) in [6.45, 7) is 9.40. The number of carbonyl (C=O) groups excluding carboxylic acids is 2. The fraction of sp³-hybridized carbons (Fsp3) is 0.391. The van der Waals surface area contributed by atoms with Crippen LogP contribution in [0.3, 0.4) is 0 Å². The first-order chi connectivity index (χ1) is 13.1. The van der Waals surface area contributed by atoms with Gasteiger partial charge in [0.2, 0.25) is 5.91 Å². The van der Waals surface area contributed by atoms with Gasteiger partial charge in [-0.2, -0.15) is 0 Å². The van der Waals surface area contributed by atoms with Gasteiger partial charge in [-0.3, -0.25) is 4.79 Å². The monoisotopic (exact) mass is 382 g/mol. The lowest BCUT2D eigenvalue weighted by Crippen LogP contribution is -2.46. The third-order valence-electron chi connectivity index (χ3n) is 4.35. The minimum atomic E-state index is -0.698. The number of benzene rings is 2. The van der Waals surface area contributed by atoms with E-state index in [9.17, 15) is 9.59 Å². The molecule has 150 valence electrons. The van der Waals surface area contributed by atoms with Gasteiger partial charge >= 0.3 is 6.09 Å². The zero-order valence-electron chi connectivity index (χ0n) is 17.3. The number of hydrogen-bond donors (Lipinski definition) is 2. The van der Waals surface area contributed by atoms with Crippen LogP contribution in [0.2, 0.25) is 0 Å². The van der Waals surface area contributed by atoms with Crippen molar-refractivity contribution in [1.82, 2.24) is 5.32 Å². The second-order valence-electron chi connectivity index (χ2n) is 8.01. The lowest BCUT2D eigenvalue weighted by atomic mass is 10.0. The van der Waals surface area contributed by atoms with E-state index in [0.29, 0.717) is 18.5 Å². The molecule has 0 aliphatic carbocycles. The predicted molar refractivity (Wildman–Crippen MR) is 112 cm³/mol. The van der Waals surface area contributed by atoms with Gasteiger partial charge in [-0.05, 0) is 76.3 Å². The van der Waals surface area contributed by atoms with Crippen molar-refractivity contribution < 1.29 is 14.3 Å². The van der Waals surface area contributed by atoms with Crippen molar-refractivity contribution in [1.29, 1.82) is 0 Å². The third-order valence-corrected chi connectivity index (χ3v) is 4.35. The van der Waals surface area contributed by atoms with E-state index in [1.165, 1.54) is 0 Å². The summed E-state index contributed by atoms with van der Waals surface area (Å²) in [5.41, 5.74) is 3.45. The molecule has 0 radical (unpaired) electrons. The number of aryl methyl sites for hydroxylation is 3. The van der Waals surface area contributed by atoms with E-state index in [1.54, 1.807) is 20.8 Å². The third kappa shape index (κ3) is 7.06. The van der Waals surface area contributed by atoms with Gasteiger partial charge in [-0.15, -0.1) is 0 Å². The van der Waals surface area contributed by atoms with Crippen molar-refractivity contribution in [2.24, 2.45) is 0 Å². The molecule has 0 heterocycles. The molecular weight excluding hydrogens is 352 g/mol. The maximum Gasteiger partial charge on any atom is 0.408 e. The quantitative estimate of drug-likeness (QED) is 0.756. The molecule has 5 nitrogen and oxygen atoms in total. The van der Waals surface area contributed by atoms with Gasteiger partial charge in [0.25, 0.3) is 0 Å². The molecule has 2 rings (SSSR count). The van der Waals surface area contributed by atoms with Crippen LogP contribution in [-0.4, -0.2) is 23.6 Å².